The lowest BCUT2D eigenvalue weighted by Gasteiger charge is -2.30. The van der Waals surface area contributed by atoms with E-state index in [1.807, 2.05) is 0 Å². The van der Waals surface area contributed by atoms with Crippen LogP contribution in [0.15, 0.2) is 48.5 Å². The third-order valence-electron chi connectivity index (χ3n) is 6.45. The van der Waals surface area contributed by atoms with Gasteiger partial charge in [-0.1, -0.05) is 31.4 Å². The monoisotopic (exact) mass is 552 g/mol. The maximum Gasteiger partial charge on any atom is 0.573 e. The lowest BCUT2D eigenvalue weighted by Crippen LogP contribution is -2.41. The minimum atomic E-state index is -4.79. The summed E-state index contributed by atoms with van der Waals surface area (Å²) >= 11 is 0. The molecule has 2 aromatic rings. The molecule has 0 saturated heterocycles. The van der Waals surface area contributed by atoms with E-state index in [4.69, 9.17) is 9.47 Å². The summed E-state index contributed by atoms with van der Waals surface area (Å²) in [4.78, 5) is 26.1. The largest absolute Gasteiger partial charge is 0.573 e. The Kier molecular flexibility index (Phi) is 11.3. The molecule has 0 spiro atoms. The van der Waals surface area contributed by atoms with Crippen LogP contribution in [0.2, 0.25) is 0 Å². The van der Waals surface area contributed by atoms with Crippen LogP contribution in [0.1, 0.15) is 44.6 Å². The fourth-order valence-electron chi connectivity index (χ4n) is 4.53. The molecule has 0 bridgehead atoms. The van der Waals surface area contributed by atoms with Crippen molar-refractivity contribution in [2.24, 2.45) is 5.92 Å². The van der Waals surface area contributed by atoms with Crippen LogP contribution in [0.25, 0.3) is 0 Å². The smallest absolute Gasteiger partial charge is 0.492 e. The molecular formula is C28H35F3N2O6. The van der Waals surface area contributed by atoms with Crippen molar-refractivity contribution in [3.63, 3.8) is 0 Å². The quantitative estimate of drug-likeness (QED) is 0.311. The first-order valence-electron chi connectivity index (χ1n) is 13.1. The number of halogens is 3. The molecule has 0 aromatic heterocycles. The van der Waals surface area contributed by atoms with Crippen LogP contribution >= 0.6 is 0 Å². The number of nitrogens with zero attached hydrogens (tertiary/aromatic N) is 1. The molecule has 1 atom stereocenters. The number of urea groups is 1. The first-order chi connectivity index (χ1) is 18.6. The highest BCUT2D eigenvalue weighted by Gasteiger charge is 2.31. The van der Waals surface area contributed by atoms with E-state index in [2.05, 4.69) is 10.1 Å². The number of benzene rings is 2. The van der Waals surface area contributed by atoms with Crippen molar-refractivity contribution in [3.05, 3.63) is 54.1 Å². The normalized spacial score (nSPS) is 14.9. The molecule has 1 aliphatic carbocycles. The van der Waals surface area contributed by atoms with Gasteiger partial charge >= 0.3 is 18.4 Å². The summed E-state index contributed by atoms with van der Waals surface area (Å²) in [5, 5.41) is 12.0. The average Bonchev–Trinajstić information content (AvgIpc) is 2.89. The van der Waals surface area contributed by atoms with Crippen LogP contribution in [-0.4, -0.2) is 60.8 Å². The number of aliphatic carboxylic acids is 1. The molecule has 0 heterocycles. The standard InChI is InChI=1S/C28H35F3N2O6/c1-2-37-25(26(34)35)18-20-8-12-23(13-9-20)38-17-16-33(19-21-6-4-3-5-7-21)27(36)32-22-10-14-24(15-11-22)39-28(29,30)31/h8-15,21,25H,2-7,16-19H2,1H3,(H,32,36)(H,34,35). The number of hydrogen-bond donors (Lipinski definition) is 2. The first-order valence-corrected chi connectivity index (χ1v) is 13.1. The van der Waals surface area contributed by atoms with Crippen molar-refractivity contribution in [1.29, 1.82) is 0 Å². The zero-order valence-corrected chi connectivity index (χ0v) is 21.9. The molecule has 1 unspecified atom stereocenters. The number of nitrogens with one attached hydrogen (secondary N) is 1. The van der Waals surface area contributed by atoms with Crippen LogP contribution in [0, 0.1) is 5.92 Å². The molecule has 2 aromatic carbocycles. The van der Waals surface area contributed by atoms with Gasteiger partial charge < -0.3 is 29.5 Å². The molecule has 39 heavy (non-hydrogen) atoms. The van der Waals surface area contributed by atoms with E-state index in [1.165, 1.54) is 18.6 Å². The number of anilines is 1. The first kappa shape index (κ1) is 30.1. The minimum absolute atomic E-state index is 0.231. The number of carboxylic acid groups (broad SMARTS) is 1. The van der Waals surface area contributed by atoms with Gasteiger partial charge in [-0.3, -0.25) is 0 Å². The van der Waals surface area contributed by atoms with Gasteiger partial charge in [0.1, 0.15) is 18.1 Å². The molecule has 3 rings (SSSR count). The average molecular weight is 553 g/mol. The van der Waals surface area contributed by atoms with Crippen molar-refractivity contribution in [2.75, 3.05) is 31.6 Å². The summed E-state index contributed by atoms with van der Waals surface area (Å²) < 4.78 is 52.2. The van der Waals surface area contributed by atoms with Gasteiger partial charge in [0.15, 0.2) is 6.10 Å². The van der Waals surface area contributed by atoms with Gasteiger partial charge in [-0.2, -0.15) is 0 Å². The van der Waals surface area contributed by atoms with Crippen molar-refractivity contribution < 1.29 is 42.1 Å². The summed E-state index contributed by atoms with van der Waals surface area (Å²) in [7, 11) is 0. The highest BCUT2D eigenvalue weighted by molar-refractivity contribution is 5.89. The highest BCUT2D eigenvalue weighted by atomic mass is 19.4. The highest BCUT2D eigenvalue weighted by Crippen LogP contribution is 2.26. The molecule has 0 radical (unpaired) electrons. The number of carbonyl (C=O) groups excluding carboxylic acids is 1. The van der Waals surface area contributed by atoms with E-state index in [-0.39, 0.29) is 24.8 Å². The van der Waals surface area contributed by atoms with E-state index in [0.717, 1.165) is 43.4 Å². The number of carbonyl (C=O) groups is 2. The number of amides is 2. The van der Waals surface area contributed by atoms with Gasteiger partial charge in [0, 0.05) is 25.3 Å². The van der Waals surface area contributed by atoms with Gasteiger partial charge in [-0.25, -0.2) is 9.59 Å². The fourth-order valence-corrected chi connectivity index (χ4v) is 4.53. The lowest BCUT2D eigenvalue weighted by atomic mass is 9.89. The second kappa shape index (κ2) is 14.6. The molecule has 214 valence electrons. The zero-order valence-electron chi connectivity index (χ0n) is 21.9. The van der Waals surface area contributed by atoms with Crippen LogP contribution in [-0.2, 0) is 16.0 Å². The molecule has 2 N–H and O–H groups in total. The van der Waals surface area contributed by atoms with Crippen molar-refractivity contribution in [2.45, 2.75) is 57.9 Å². The third kappa shape index (κ3) is 10.7. The number of carboxylic acids is 1. The van der Waals surface area contributed by atoms with E-state index in [9.17, 15) is 27.9 Å². The van der Waals surface area contributed by atoms with Crippen molar-refractivity contribution >= 4 is 17.7 Å². The summed E-state index contributed by atoms with van der Waals surface area (Å²) in [6.07, 6.45) is 0.0385. The van der Waals surface area contributed by atoms with Crippen molar-refractivity contribution in [1.82, 2.24) is 4.90 Å². The lowest BCUT2D eigenvalue weighted by molar-refractivity contribution is -0.274. The van der Waals surface area contributed by atoms with Crippen LogP contribution < -0.4 is 14.8 Å². The summed E-state index contributed by atoms with van der Waals surface area (Å²) in [5.41, 5.74) is 1.15. The van der Waals surface area contributed by atoms with Gasteiger partial charge in [0.25, 0.3) is 0 Å². The molecular weight excluding hydrogens is 517 g/mol. The molecule has 11 heteroatoms. The summed E-state index contributed by atoms with van der Waals surface area (Å²) in [5.74, 6) is -0.423. The second-order valence-corrected chi connectivity index (χ2v) is 9.43. The van der Waals surface area contributed by atoms with E-state index < -0.39 is 18.4 Å². The molecule has 2 amide bonds. The number of hydrogen-bond acceptors (Lipinski definition) is 5. The van der Waals surface area contributed by atoms with Gasteiger partial charge in [0.2, 0.25) is 0 Å². The summed E-state index contributed by atoms with van der Waals surface area (Å²) in [6.45, 7) is 3.14. The maximum atomic E-state index is 13.1. The Bertz CT molecular complexity index is 1040. The number of alkyl halides is 3. The van der Waals surface area contributed by atoms with Crippen LogP contribution in [0.4, 0.5) is 23.7 Å². The van der Waals surface area contributed by atoms with Gasteiger partial charge in [-0.05, 0) is 67.6 Å². The topological polar surface area (TPSA) is 97.3 Å². The zero-order chi connectivity index (χ0) is 28.3. The Labute approximate surface area is 226 Å². The minimum Gasteiger partial charge on any atom is -0.492 e. The second-order valence-electron chi connectivity index (χ2n) is 9.43. The molecule has 8 nitrogen and oxygen atoms in total. The SMILES string of the molecule is CCOC(Cc1ccc(OCCN(CC2CCCCC2)C(=O)Nc2ccc(OC(F)(F)F)cc2)cc1)C(=O)O. The Morgan fingerprint density at radius 3 is 2.26 bits per heavy atom. The van der Waals surface area contributed by atoms with E-state index in [0.29, 0.717) is 37.1 Å². The molecule has 1 aliphatic rings. The number of ether oxygens (including phenoxy) is 3. The molecule has 1 fully saturated rings. The summed E-state index contributed by atoms with van der Waals surface area (Å²) in [6, 6.07) is 11.7. The van der Waals surface area contributed by atoms with E-state index >= 15 is 0 Å². The van der Waals surface area contributed by atoms with Crippen molar-refractivity contribution in [3.8, 4) is 11.5 Å². The van der Waals surface area contributed by atoms with Gasteiger partial charge in [0.05, 0.1) is 6.54 Å². The number of rotatable bonds is 13. The molecule has 1 saturated carbocycles. The molecule has 0 aliphatic heterocycles. The predicted octanol–water partition coefficient (Wildman–Crippen LogP) is 6.11. The van der Waals surface area contributed by atoms with Gasteiger partial charge in [-0.15, -0.1) is 13.2 Å². The van der Waals surface area contributed by atoms with E-state index in [1.54, 1.807) is 36.1 Å². The predicted molar refractivity (Wildman–Crippen MR) is 139 cm³/mol. The maximum absolute atomic E-state index is 13.1. The Hall–Kier alpha value is -3.47. The van der Waals surface area contributed by atoms with Crippen LogP contribution in [0.5, 0.6) is 11.5 Å². The Morgan fingerprint density at radius 2 is 1.67 bits per heavy atom. The Morgan fingerprint density at radius 1 is 1.03 bits per heavy atom. The Balaban J connectivity index is 1.57. The third-order valence-corrected chi connectivity index (χ3v) is 6.45. The fraction of sp³-hybridized carbons (Fsp3) is 0.500. The van der Waals surface area contributed by atoms with Crippen LogP contribution in [0.3, 0.4) is 0 Å².